The molecule has 2 heterocycles. The quantitative estimate of drug-likeness (QED) is 0.670. The molecule has 1 aromatic heterocycles. The number of rotatable bonds is 5. The number of carboxylic acids is 1. The van der Waals surface area contributed by atoms with Crippen molar-refractivity contribution in [2.45, 2.75) is 32.4 Å². The molecular formula is C24H24N2O4. The summed E-state index contributed by atoms with van der Waals surface area (Å²) in [6.45, 7) is 3.75. The lowest BCUT2D eigenvalue weighted by atomic mass is 9.89. The Morgan fingerprint density at radius 2 is 1.83 bits per heavy atom. The van der Waals surface area contributed by atoms with Crippen molar-refractivity contribution >= 4 is 23.3 Å². The van der Waals surface area contributed by atoms with Crippen LogP contribution in [0.1, 0.15) is 41.1 Å². The van der Waals surface area contributed by atoms with Crippen molar-refractivity contribution in [3.63, 3.8) is 0 Å². The van der Waals surface area contributed by atoms with Gasteiger partial charge in [0, 0.05) is 17.4 Å². The lowest BCUT2D eigenvalue weighted by Crippen LogP contribution is -2.47. The number of carboxylic acid groups (broad SMARTS) is 1. The van der Waals surface area contributed by atoms with E-state index in [-0.39, 0.29) is 24.5 Å². The van der Waals surface area contributed by atoms with Gasteiger partial charge in [-0.15, -0.1) is 0 Å². The number of amides is 1. The SMILES string of the molecule is Cc1coc(C(=O)N2c3ccccc3C(N(CC(=O)O)c3ccccc3)CC2C)c1. The van der Waals surface area contributed by atoms with E-state index in [1.807, 2.05) is 73.3 Å². The predicted octanol–water partition coefficient (Wildman–Crippen LogP) is 4.66. The Morgan fingerprint density at radius 1 is 1.13 bits per heavy atom. The summed E-state index contributed by atoms with van der Waals surface area (Å²) in [6.07, 6.45) is 2.17. The lowest BCUT2D eigenvalue weighted by molar-refractivity contribution is -0.135. The van der Waals surface area contributed by atoms with Crippen LogP contribution in [0.3, 0.4) is 0 Å². The zero-order valence-electron chi connectivity index (χ0n) is 17.0. The molecule has 1 amide bonds. The third-order valence-electron chi connectivity index (χ3n) is 5.49. The number of carbonyl (C=O) groups excluding carboxylic acids is 1. The largest absolute Gasteiger partial charge is 0.480 e. The molecule has 0 saturated carbocycles. The van der Waals surface area contributed by atoms with E-state index in [0.717, 1.165) is 22.5 Å². The highest BCUT2D eigenvalue weighted by atomic mass is 16.4. The van der Waals surface area contributed by atoms with E-state index in [1.165, 1.54) is 0 Å². The van der Waals surface area contributed by atoms with Crippen molar-refractivity contribution < 1.29 is 19.1 Å². The van der Waals surface area contributed by atoms with E-state index in [9.17, 15) is 14.7 Å². The summed E-state index contributed by atoms with van der Waals surface area (Å²) in [4.78, 5) is 28.6. The number of hydrogen-bond donors (Lipinski definition) is 1. The summed E-state index contributed by atoms with van der Waals surface area (Å²) < 4.78 is 5.46. The molecule has 6 heteroatoms. The van der Waals surface area contributed by atoms with Crippen molar-refractivity contribution in [1.82, 2.24) is 0 Å². The monoisotopic (exact) mass is 404 g/mol. The summed E-state index contributed by atoms with van der Waals surface area (Å²) in [5.41, 5.74) is 3.45. The van der Waals surface area contributed by atoms with E-state index in [1.54, 1.807) is 17.2 Å². The first kappa shape index (κ1) is 19.8. The topological polar surface area (TPSA) is 74.0 Å². The van der Waals surface area contributed by atoms with Crippen molar-refractivity contribution in [1.29, 1.82) is 0 Å². The first-order valence-corrected chi connectivity index (χ1v) is 9.97. The van der Waals surface area contributed by atoms with Crippen molar-refractivity contribution in [3.05, 3.63) is 83.8 Å². The molecule has 154 valence electrons. The molecule has 2 aromatic carbocycles. The molecule has 1 aliphatic heterocycles. The fraction of sp³-hybridized carbons (Fsp3) is 0.250. The number of carbonyl (C=O) groups is 2. The van der Waals surface area contributed by atoms with Crippen LogP contribution in [0.5, 0.6) is 0 Å². The van der Waals surface area contributed by atoms with Gasteiger partial charge in [0.15, 0.2) is 5.76 Å². The maximum Gasteiger partial charge on any atom is 0.323 e. The molecular weight excluding hydrogens is 380 g/mol. The number of aliphatic carboxylic acids is 1. The van der Waals surface area contributed by atoms with Crippen LogP contribution in [0.25, 0.3) is 0 Å². The number of anilines is 2. The van der Waals surface area contributed by atoms with E-state index >= 15 is 0 Å². The molecule has 0 bridgehead atoms. The molecule has 6 nitrogen and oxygen atoms in total. The molecule has 1 N–H and O–H groups in total. The Labute approximate surface area is 175 Å². The molecule has 2 unspecified atom stereocenters. The molecule has 2 atom stereocenters. The minimum atomic E-state index is -0.895. The summed E-state index contributed by atoms with van der Waals surface area (Å²) >= 11 is 0. The molecule has 0 radical (unpaired) electrons. The number of aryl methyl sites for hydroxylation is 1. The van der Waals surface area contributed by atoms with Gasteiger partial charge in [-0.25, -0.2) is 0 Å². The van der Waals surface area contributed by atoms with Gasteiger partial charge in [0.2, 0.25) is 0 Å². The molecule has 4 rings (SSSR count). The molecule has 0 aliphatic carbocycles. The normalized spacial score (nSPS) is 18.0. The highest BCUT2D eigenvalue weighted by Gasteiger charge is 2.38. The predicted molar refractivity (Wildman–Crippen MR) is 115 cm³/mol. The average Bonchev–Trinajstić information content (AvgIpc) is 3.18. The molecule has 1 aliphatic rings. The van der Waals surface area contributed by atoms with Gasteiger partial charge in [0.25, 0.3) is 5.91 Å². The number of fused-ring (bicyclic) bond motifs is 1. The second-order valence-corrected chi connectivity index (χ2v) is 7.68. The molecule has 0 saturated heterocycles. The van der Waals surface area contributed by atoms with Gasteiger partial charge in [0.1, 0.15) is 6.54 Å². The summed E-state index contributed by atoms with van der Waals surface area (Å²) in [5, 5.41) is 9.56. The lowest BCUT2D eigenvalue weighted by Gasteiger charge is -2.43. The third-order valence-corrected chi connectivity index (χ3v) is 5.49. The minimum absolute atomic E-state index is 0.124. The fourth-order valence-electron chi connectivity index (χ4n) is 4.20. The highest BCUT2D eigenvalue weighted by Crippen LogP contribution is 2.42. The van der Waals surface area contributed by atoms with Crippen LogP contribution in [0, 0.1) is 6.92 Å². The van der Waals surface area contributed by atoms with Crippen LogP contribution < -0.4 is 9.80 Å². The molecule has 3 aromatic rings. The Hall–Kier alpha value is -3.54. The van der Waals surface area contributed by atoms with E-state index < -0.39 is 5.97 Å². The van der Waals surface area contributed by atoms with E-state index in [2.05, 4.69) is 0 Å². The second kappa shape index (κ2) is 8.06. The number of hydrogen-bond acceptors (Lipinski definition) is 4. The number of furan rings is 1. The van der Waals surface area contributed by atoms with Crippen LogP contribution >= 0.6 is 0 Å². The van der Waals surface area contributed by atoms with Crippen molar-refractivity contribution in [2.75, 3.05) is 16.3 Å². The first-order chi connectivity index (χ1) is 14.5. The van der Waals surface area contributed by atoms with Gasteiger partial charge in [0.05, 0.1) is 12.3 Å². The summed E-state index contributed by atoms with van der Waals surface area (Å²) in [7, 11) is 0. The van der Waals surface area contributed by atoms with E-state index in [0.29, 0.717) is 12.2 Å². The van der Waals surface area contributed by atoms with Crippen molar-refractivity contribution in [2.24, 2.45) is 0 Å². The Bertz CT molecular complexity index is 1060. The number of nitrogens with zero attached hydrogens (tertiary/aromatic N) is 2. The average molecular weight is 404 g/mol. The maximum absolute atomic E-state index is 13.2. The fourth-order valence-corrected chi connectivity index (χ4v) is 4.20. The van der Waals surface area contributed by atoms with Gasteiger partial charge < -0.3 is 19.3 Å². The zero-order valence-corrected chi connectivity index (χ0v) is 17.0. The van der Waals surface area contributed by atoms with Gasteiger partial charge in [-0.1, -0.05) is 36.4 Å². The maximum atomic E-state index is 13.2. The third kappa shape index (κ3) is 3.68. The van der Waals surface area contributed by atoms with Gasteiger partial charge in [-0.2, -0.15) is 0 Å². The second-order valence-electron chi connectivity index (χ2n) is 7.68. The van der Waals surface area contributed by atoms with Crippen LogP contribution in [0.15, 0.2) is 71.3 Å². The van der Waals surface area contributed by atoms with Crippen LogP contribution in [-0.2, 0) is 4.79 Å². The standard InChI is InChI=1S/C24H24N2O4/c1-16-12-22(30-15-16)24(29)26-17(2)13-21(19-10-6-7-11-20(19)26)25(14-23(27)28)18-8-4-3-5-9-18/h3-12,15,17,21H,13-14H2,1-2H3,(H,27,28). The van der Waals surface area contributed by atoms with Crippen LogP contribution in [0.2, 0.25) is 0 Å². The van der Waals surface area contributed by atoms with Crippen molar-refractivity contribution in [3.8, 4) is 0 Å². The summed E-state index contributed by atoms with van der Waals surface area (Å²) in [5.74, 6) is -0.780. The van der Waals surface area contributed by atoms with Crippen LogP contribution in [0.4, 0.5) is 11.4 Å². The molecule has 30 heavy (non-hydrogen) atoms. The van der Waals surface area contributed by atoms with Crippen LogP contribution in [-0.4, -0.2) is 29.6 Å². The molecule has 0 spiro atoms. The Morgan fingerprint density at radius 3 is 2.50 bits per heavy atom. The van der Waals surface area contributed by atoms with Gasteiger partial charge >= 0.3 is 5.97 Å². The smallest absolute Gasteiger partial charge is 0.323 e. The Kier molecular flexibility index (Phi) is 5.31. The number of benzene rings is 2. The minimum Gasteiger partial charge on any atom is -0.480 e. The number of para-hydroxylation sites is 2. The summed E-state index contributed by atoms with van der Waals surface area (Å²) in [6, 6.07) is 18.7. The first-order valence-electron chi connectivity index (χ1n) is 9.97. The van der Waals surface area contributed by atoms with Gasteiger partial charge in [-0.3, -0.25) is 9.59 Å². The zero-order chi connectivity index (χ0) is 21.3. The highest BCUT2D eigenvalue weighted by molar-refractivity contribution is 6.05. The Balaban J connectivity index is 1.77. The van der Waals surface area contributed by atoms with Gasteiger partial charge in [-0.05, 0) is 55.7 Å². The van der Waals surface area contributed by atoms with E-state index in [4.69, 9.17) is 4.42 Å². The molecule has 0 fully saturated rings.